The van der Waals surface area contributed by atoms with Crippen LogP contribution in [0.15, 0.2) is 11.2 Å². The van der Waals surface area contributed by atoms with Crippen LogP contribution in [0.1, 0.15) is 11.4 Å². The third-order valence-electron chi connectivity index (χ3n) is 1.32. The first-order valence-corrected chi connectivity index (χ1v) is 2.92. The summed E-state index contributed by atoms with van der Waals surface area (Å²) in [6, 6.07) is 1.83. The molecule has 0 saturated carbocycles. The van der Waals surface area contributed by atoms with Gasteiger partial charge in [-0.2, -0.15) is 5.10 Å². The third-order valence-corrected chi connectivity index (χ3v) is 1.32. The SMILES string of the molecule is Cc1cc(C=NO)nn1C. The van der Waals surface area contributed by atoms with Crippen molar-refractivity contribution in [2.45, 2.75) is 6.92 Å². The number of aryl methyl sites for hydroxylation is 2. The lowest BCUT2D eigenvalue weighted by molar-refractivity contribution is 0.321. The molecule has 54 valence electrons. The van der Waals surface area contributed by atoms with E-state index >= 15 is 0 Å². The molecule has 1 aromatic heterocycles. The molecule has 0 aliphatic rings. The highest BCUT2D eigenvalue weighted by Crippen LogP contribution is 1.97. The summed E-state index contributed by atoms with van der Waals surface area (Å²) in [7, 11) is 1.84. The Hall–Kier alpha value is -1.32. The zero-order valence-corrected chi connectivity index (χ0v) is 5.94. The van der Waals surface area contributed by atoms with Gasteiger partial charge in [-0.25, -0.2) is 0 Å². The third kappa shape index (κ3) is 1.15. The average molecular weight is 139 g/mol. The molecule has 10 heavy (non-hydrogen) atoms. The van der Waals surface area contributed by atoms with Crippen molar-refractivity contribution in [2.75, 3.05) is 0 Å². The number of rotatable bonds is 1. The zero-order valence-electron chi connectivity index (χ0n) is 5.94. The van der Waals surface area contributed by atoms with E-state index in [-0.39, 0.29) is 0 Å². The van der Waals surface area contributed by atoms with Crippen molar-refractivity contribution in [3.8, 4) is 0 Å². The quantitative estimate of drug-likeness (QED) is 0.350. The van der Waals surface area contributed by atoms with Crippen LogP contribution in [0.4, 0.5) is 0 Å². The van der Waals surface area contributed by atoms with Crippen LogP contribution in [0.2, 0.25) is 0 Å². The number of hydrogen-bond donors (Lipinski definition) is 1. The predicted octanol–water partition coefficient (Wildman–Crippen LogP) is 0.537. The normalized spacial score (nSPS) is 11.0. The minimum atomic E-state index is 0.669. The second-order valence-corrected chi connectivity index (χ2v) is 2.08. The summed E-state index contributed by atoms with van der Waals surface area (Å²) in [6.45, 7) is 1.93. The smallest absolute Gasteiger partial charge is 0.107 e. The number of hydrogen-bond acceptors (Lipinski definition) is 3. The summed E-state index contributed by atoms with van der Waals surface area (Å²) in [5.74, 6) is 0. The number of nitrogens with zero attached hydrogens (tertiary/aromatic N) is 3. The first-order chi connectivity index (χ1) is 4.74. The molecule has 0 spiro atoms. The van der Waals surface area contributed by atoms with Gasteiger partial charge in [-0.05, 0) is 13.0 Å². The van der Waals surface area contributed by atoms with Gasteiger partial charge >= 0.3 is 0 Å². The summed E-state index contributed by atoms with van der Waals surface area (Å²) in [5.41, 5.74) is 1.71. The van der Waals surface area contributed by atoms with Gasteiger partial charge in [0.25, 0.3) is 0 Å². The van der Waals surface area contributed by atoms with E-state index in [1.807, 2.05) is 20.0 Å². The van der Waals surface area contributed by atoms with Crippen molar-refractivity contribution in [1.82, 2.24) is 9.78 Å². The molecule has 0 aliphatic carbocycles. The van der Waals surface area contributed by atoms with Crippen LogP contribution in [0.3, 0.4) is 0 Å². The van der Waals surface area contributed by atoms with Gasteiger partial charge in [0, 0.05) is 12.7 Å². The molecule has 1 rings (SSSR count). The highest BCUT2D eigenvalue weighted by Gasteiger charge is 1.95. The first-order valence-electron chi connectivity index (χ1n) is 2.92. The van der Waals surface area contributed by atoms with E-state index in [0.717, 1.165) is 5.69 Å². The minimum absolute atomic E-state index is 0.669. The van der Waals surface area contributed by atoms with Gasteiger partial charge in [0.05, 0.1) is 6.21 Å². The molecule has 0 amide bonds. The van der Waals surface area contributed by atoms with E-state index in [0.29, 0.717) is 5.69 Å². The summed E-state index contributed by atoms with van der Waals surface area (Å²) in [6.07, 6.45) is 1.30. The first kappa shape index (κ1) is 6.80. The molecule has 0 aromatic carbocycles. The molecule has 0 unspecified atom stereocenters. The molecule has 0 radical (unpaired) electrons. The monoisotopic (exact) mass is 139 g/mol. The summed E-state index contributed by atoms with van der Waals surface area (Å²) in [5, 5.41) is 15.0. The van der Waals surface area contributed by atoms with Gasteiger partial charge in [-0.3, -0.25) is 4.68 Å². The van der Waals surface area contributed by atoms with Crippen LogP contribution in [0.5, 0.6) is 0 Å². The molecule has 1 aromatic rings. The van der Waals surface area contributed by atoms with Crippen molar-refractivity contribution in [2.24, 2.45) is 12.2 Å². The molecular formula is C6H9N3O. The lowest BCUT2D eigenvalue weighted by Gasteiger charge is -1.87. The fraction of sp³-hybridized carbons (Fsp3) is 0.333. The second-order valence-electron chi connectivity index (χ2n) is 2.08. The van der Waals surface area contributed by atoms with Gasteiger partial charge in [-0.1, -0.05) is 5.16 Å². The molecule has 4 heteroatoms. The van der Waals surface area contributed by atoms with E-state index in [1.165, 1.54) is 6.21 Å². The maximum absolute atomic E-state index is 8.14. The Morgan fingerprint density at radius 3 is 2.90 bits per heavy atom. The average Bonchev–Trinajstić information content (AvgIpc) is 2.14. The highest BCUT2D eigenvalue weighted by atomic mass is 16.4. The van der Waals surface area contributed by atoms with Crippen molar-refractivity contribution < 1.29 is 5.21 Å². The van der Waals surface area contributed by atoms with Gasteiger partial charge in [0.2, 0.25) is 0 Å². The standard InChI is InChI=1S/C6H9N3O/c1-5-3-6(4-7-10)8-9(5)2/h3-4,10H,1-2H3. The Kier molecular flexibility index (Phi) is 1.71. The molecule has 4 nitrogen and oxygen atoms in total. The molecule has 1 heterocycles. The van der Waals surface area contributed by atoms with Crippen LogP contribution in [0.25, 0.3) is 0 Å². The molecule has 0 bridgehead atoms. The summed E-state index contributed by atoms with van der Waals surface area (Å²) >= 11 is 0. The van der Waals surface area contributed by atoms with E-state index in [4.69, 9.17) is 5.21 Å². The zero-order chi connectivity index (χ0) is 7.56. The Balaban J connectivity index is 2.98. The molecular weight excluding hydrogens is 130 g/mol. The van der Waals surface area contributed by atoms with Crippen LogP contribution in [-0.4, -0.2) is 21.2 Å². The summed E-state index contributed by atoms with van der Waals surface area (Å²) in [4.78, 5) is 0. The van der Waals surface area contributed by atoms with Crippen LogP contribution in [0, 0.1) is 6.92 Å². The lowest BCUT2D eigenvalue weighted by Crippen LogP contribution is -1.92. The van der Waals surface area contributed by atoms with E-state index in [2.05, 4.69) is 10.3 Å². The van der Waals surface area contributed by atoms with E-state index in [9.17, 15) is 0 Å². The van der Waals surface area contributed by atoms with Gasteiger partial charge < -0.3 is 5.21 Å². The Morgan fingerprint density at radius 1 is 1.80 bits per heavy atom. The lowest BCUT2D eigenvalue weighted by atomic mass is 10.4. The van der Waals surface area contributed by atoms with Crippen LogP contribution < -0.4 is 0 Å². The number of oxime groups is 1. The second kappa shape index (κ2) is 2.51. The van der Waals surface area contributed by atoms with Crippen molar-refractivity contribution >= 4 is 6.21 Å². The van der Waals surface area contributed by atoms with Crippen LogP contribution >= 0.6 is 0 Å². The van der Waals surface area contributed by atoms with Crippen molar-refractivity contribution in [3.63, 3.8) is 0 Å². The highest BCUT2D eigenvalue weighted by molar-refractivity contribution is 5.76. The van der Waals surface area contributed by atoms with Crippen molar-refractivity contribution in [3.05, 3.63) is 17.5 Å². The molecule has 1 N–H and O–H groups in total. The Morgan fingerprint density at radius 2 is 2.50 bits per heavy atom. The molecule has 0 atom stereocenters. The molecule has 0 saturated heterocycles. The Bertz CT molecular complexity index is 232. The maximum Gasteiger partial charge on any atom is 0.107 e. The van der Waals surface area contributed by atoms with Gasteiger partial charge in [0.1, 0.15) is 5.69 Å². The van der Waals surface area contributed by atoms with E-state index in [1.54, 1.807) is 4.68 Å². The van der Waals surface area contributed by atoms with Gasteiger partial charge in [-0.15, -0.1) is 0 Å². The topological polar surface area (TPSA) is 50.4 Å². The summed E-state index contributed by atoms with van der Waals surface area (Å²) < 4.78 is 1.72. The molecule has 0 aliphatic heterocycles. The fourth-order valence-electron chi connectivity index (χ4n) is 0.711. The molecule has 0 fully saturated rings. The van der Waals surface area contributed by atoms with E-state index < -0.39 is 0 Å². The predicted molar refractivity (Wildman–Crippen MR) is 37.3 cm³/mol. The fourth-order valence-corrected chi connectivity index (χ4v) is 0.711. The van der Waals surface area contributed by atoms with Gasteiger partial charge in [0.15, 0.2) is 0 Å². The maximum atomic E-state index is 8.14. The Labute approximate surface area is 58.8 Å². The minimum Gasteiger partial charge on any atom is -0.411 e. The van der Waals surface area contributed by atoms with Crippen LogP contribution in [-0.2, 0) is 7.05 Å². The number of aromatic nitrogens is 2. The van der Waals surface area contributed by atoms with Crippen molar-refractivity contribution in [1.29, 1.82) is 0 Å². The largest absolute Gasteiger partial charge is 0.411 e.